The molecule has 2 aliphatic rings. The van der Waals surface area contributed by atoms with Crippen molar-refractivity contribution in [3.63, 3.8) is 0 Å². The molecule has 0 aromatic heterocycles. The van der Waals surface area contributed by atoms with Crippen LogP contribution in [0.25, 0.3) is 0 Å². The second kappa shape index (κ2) is 8.03. The summed E-state index contributed by atoms with van der Waals surface area (Å²) in [6.07, 6.45) is 2.03. The highest BCUT2D eigenvalue weighted by Gasteiger charge is 2.71. The fourth-order valence-corrected chi connectivity index (χ4v) is 5.67. The van der Waals surface area contributed by atoms with Crippen LogP contribution in [0.2, 0.25) is 0 Å². The Kier molecular flexibility index (Phi) is 5.65. The summed E-state index contributed by atoms with van der Waals surface area (Å²) in [5.41, 5.74) is 0.587. The fourth-order valence-electron chi connectivity index (χ4n) is 5.22. The first kappa shape index (κ1) is 22.5. The first-order chi connectivity index (χ1) is 15.1. The molecule has 0 aliphatic heterocycles. The summed E-state index contributed by atoms with van der Waals surface area (Å²) in [4.78, 5) is 31.4. The number of carbonyl (C=O) groups excluding carboxylic acids is 2. The number of methoxy groups -OCH3 is 1. The molecule has 2 aromatic carbocycles. The van der Waals surface area contributed by atoms with E-state index in [-0.39, 0.29) is 16.7 Å². The summed E-state index contributed by atoms with van der Waals surface area (Å²) in [6.45, 7) is 6.35. The van der Waals surface area contributed by atoms with Crippen LogP contribution in [0.3, 0.4) is 0 Å². The van der Waals surface area contributed by atoms with E-state index in [4.69, 9.17) is 9.57 Å². The highest BCUT2D eigenvalue weighted by atomic mass is 79.9. The third kappa shape index (κ3) is 3.34. The van der Waals surface area contributed by atoms with Crippen LogP contribution in [0.1, 0.15) is 50.4 Å². The molecule has 32 heavy (non-hydrogen) atoms. The van der Waals surface area contributed by atoms with Gasteiger partial charge in [0, 0.05) is 22.0 Å². The third-order valence-electron chi connectivity index (χ3n) is 7.85. The predicted octanol–water partition coefficient (Wildman–Crippen LogP) is 5.83. The maximum absolute atomic E-state index is 13.5. The Morgan fingerprint density at radius 1 is 1.03 bits per heavy atom. The van der Waals surface area contributed by atoms with Crippen LogP contribution in [-0.2, 0) is 9.63 Å². The molecule has 168 valence electrons. The summed E-state index contributed by atoms with van der Waals surface area (Å²) in [5, 5.41) is 7.38. The number of halogens is 1. The molecule has 2 atom stereocenters. The first-order valence-corrected chi connectivity index (χ1v) is 11.4. The molecule has 0 heterocycles. The number of hydrogen-bond acceptors (Lipinski definition) is 5. The molecule has 6 nitrogen and oxygen atoms in total. The van der Waals surface area contributed by atoms with Gasteiger partial charge in [-0.15, -0.1) is 0 Å². The van der Waals surface area contributed by atoms with Gasteiger partial charge in [-0.25, -0.2) is 4.79 Å². The zero-order valence-electron chi connectivity index (χ0n) is 18.7. The van der Waals surface area contributed by atoms with Gasteiger partial charge in [-0.1, -0.05) is 38.1 Å². The lowest BCUT2D eigenvalue weighted by atomic mass is 9.64. The number of amides is 1. The van der Waals surface area contributed by atoms with Crippen molar-refractivity contribution < 1.29 is 19.2 Å². The highest BCUT2D eigenvalue weighted by molar-refractivity contribution is 9.10. The van der Waals surface area contributed by atoms with E-state index in [0.717, 1.165) is 30.0 Å². The summed E-state index contributed by atoms with van der Waals surface area (Å²) in [7, 11) is 1.61. The molecule has 2 fully saturated rings. The molecule has 0 spiro atoms. The van der Waals surface area contributed by atoms with Gasteiger partial charge in [-0.2, -0.15) is 0 Å². The number of anilines is 1. The minimum absolute atomic E-state index is 0.0290. The van der Waals surface area contributed by atoms with Crippen molar-refractivity contribution in [3.8, 4) is 5.75 Å². The molecule has 0 radical (unpaired) electrons. The number of nitrogens with one attached hydrogen (secondary N) is 1. The molecular weight excluding hydrogens is 472 g/mol. The Labute approximate surface area is 196 Å². The van der Waals surface area contributed by atoms with Gasteiger partial charge in [0.25, 0.3) is 0 Å². The van der Waals surface area contributed by atoms with Crippen molar-refractivity contribution in [2.75, 3.05) is 12.4 Å². The zero-order valence-corrected chi connectivity index (χ0v) is 20.3. The smallest absolute Gasteiger partial charge is 0.366 e. The van der Waals surface area contributed by atoms with Crippen LogP contribution >= 0.6 is 15.9 Å². The predicted molar refractivity (Wildman–Crippen MR) is 127 cm³/mol. The molecule has 2 aliphatic carbocycles. The lowest BCUT2D eigenvalue weighted by Crippen LogP contribution is -2.43. The van der Waals surface area contributed by atoms with Gasteiger partial charge in [0.15, 0.2) is 0 Å². The van der Waals surface area contributed by atoms with E-state index in [1.165, 1.54) is 0 Å². The van der Waals surface area contributed by atoms with Crippen molar-refractivity contribution in [2.45, 2.75) is 40.0 Å². The average Bonchev–Trinajstić information content (AvgIpc) is 3.09. The third-order valence-corrected chi connectivity index (χ3v) is 8.54. The topological polar surface area (TPSA) is 77.0 Å². The van der Waals surface area contributed by atoms with E-state index in [1.807, 2.05) is 30.3 Å². The number of carbonyl (C=O) groups is 2. The monoisotopic (exact) mass is 498 g/mol. The SMILES string of the molecule is COc1ccc(NC(=O)C23CCC(C)(C(=NOC(=O)c4ccccc4Br)C2)C3(C)C)cc1. The number of benzene rings is 2. The molecule has 4 rings (SSSR count). The van der Waals surface area contributed by atoms with Crippen molar-refractivity contribution in [2.24, 2.45) is 21.4 Å². The number of ether oxygens (including phenoxy) is 1. The summed E-state index contributed by atoms with van der Waals surface area (Å²) < 4.78 is 5.85. The van der Waals surface area contributed by atoms with Crippen LogP contribution < -0.4 is 10.1 Å². The molecule has 2 saturated carbocycles. The van der Waals surface area contributed by atoms with Crippen molar-refractivity contribution in [3.05, 3.63) is 58.6 Å². The van der Waals surface area contributed by atoms with Crippen molar-refractivity contribution in [1.82, 2.24) is 0 Å². The van der Waals surface area contributed by atoms with E-state index in [0.29, 0.717) is 16.5 Å². The van der Waals surface area contributed by atoms with Gasteiger partial charge in [-0.3, -0.25) is 4.79 Å². The lowest BCUT2D eigenvalue weighted by Gasteiger charge is -2.39. The van der Waals surface area contributed by atoms with Gasteiger partial charge < -0.3 is 14.9 Å². The summed E-state index contributed by atoms with van der Waals surface area (Å²) >= 11 is 3.37. The molecule has 2 aromatic rings. The Bertz CT molecular complexity index is 1100. The van der Waals surface area contributed by atoms with E-state index < -0.39 is 11.4 Å². The molecule has 2 unspecified atom stereocenters. The second-order valence-electron chi connectivity index (χ2n) is 9.30. The van der Waals surface area contributed by atoms with Crippen LogP contribution in [0.5, 0.6) is 5.75 Å². The van der Waals surface area contributed by atoms with E-state index in [9.17, 15) is 9.59 Å². The molecular formula is C25H27BrN2O4. The summed E-state index contributed by atoms with van der Waals surface area (Å²) in [5.74, 6) is 0.182. The van der Waals surface area contributed by atoms with Crippen LogP contribution in [-0.4, -0.2) is 24.7 Å². The maximum Gasteiger partial charge on any atom is 0.366 e. The van der Waals surface area contributed by atoms with Crippen molar-refractivity contribution in [1.29, 1.82) is 0 Å². The Morgan fingerprint density at radius 3 is 2.38 bits per heavy atom. The standard InChI is InChI=1S/C25H27BrN2O4/c1-23(2)24(3)13-14-25(23,22(30)27-16-9-11-17(31-4)12-10-16)15-20(24)28-32-21(29)18-7-5-6-8-19(18)26/h5-12H,13-15H2,1-4H3,(H,27,30). The number of fused-ring (bicyclic) bond motifs is 2. The minimum atomic E-state index is -0.625. The fraction of sp³-hybridized carbons (Fsp3) is 0.400. The zero-order chi connectivity index (χ0) is 23.1. The van der Waals surface area contributed by atoms with Gasteiger partial charge in [0.05, 0.1) is 23.8 Å². The Balaban J connectivity index is 1.58. The maximum atomic E-state index is 13.5. The van der Waals surface area contributed by atoms with Gasteiger partial charge in [0.1, 0.15) is 5.75 Å². The van der Waals surface area contributed by atoms with Gasteiger partial charge >= 0.3 is 5.97 Å². The summed E-state index contributed by atoms with van der Waals surface area (Å²) in [6, 6.07) is 14.4. The number of rotatable bonds is 5. The minimum Gasteiger partial charge on any atom is -0.497 e. The lowest BCUT2D eigenvalue weighted by molar-refractivity contribution is -0.130. The van der Waals surface area contributed by atoms with Crippen LogP contribution in [0, 0.1) is 16.2 Å². The second-order valence-corrected chi connectivity index (χ2v) is 10.1. The van der Waals surface area contributed by atoms with E-state index >= 15 is 0 Å². The Morgan fingerprint density at radius 2 is 1.72 bits per heavy atom. The Hall–Kier alpha value is -2.67. The molecule has 0 saturated heterocycles. The molecule has 7 heteroatoms. The average molecular weight is 499 g/mol. The highest BCUT2D eigenvalue weighted by Crippen LogP contribution is 2.71. The molecule has 1 amide bonds. The van der Waals surface area contributed by atoms with Gasteiger partial charge in [0.2, 0.25) is 5.91 Å². The largest absolute Gasteiger partial charge is 0.497 e. The molecule has 2 bridgehead atoms. The van der Waals surface area contributed by atoms with Crippen LogP contribution in [0.15, 0.2) is 58.2 Å². The van der Waals surface area contributed by atoms with E-state index in [1.54, 1.807) is 25.3 Å². The quantitative estimate of drug-likeness (QED) is 0.415. The number of hydrogen-bond donors (Lipinski definition) is 1. The normalized spacial score (nSPS) is 26.7. The number of oxime groups is 1. The number of nitrogens with zero attached hydrogens (tertiary/aromatic N) is 1. The van der Waals surface area contributed by atoms with Crippen LogP contribution in [0.4, 0.5) is 5.69 Å². The van der Waals surface area contributed by atoms with Crippen molar-refractivity contribution >= 4 is 39.2 Å². The first-order valence-electron chi connectivity index (χ1n) is 10.6. The molecule has 1 N–H and O–H groups in total. The van der Waals surface area contributed by atoms with Gasteiger partial charge in [-0.05, 0) is 70.6 Å². The van der Waals surface area contributed by atoms with E-state index in [2.05, 4.69) is 47.2 Å².